The van der Waals surface area contributed by atoms with Crippen LogP contribution in [-0.4, -0.2) is 16.3 Å². The van der Waals surface area contributed by atoms with Crippen LogP contribution >= 0.6 is 0 Å². The number of hydrogen-bond donors (Lipinski definition) is 0. The third-order valence-corrected chi connectivity index (χ3v) is 9.37. The molecular formula is C40H47BN2. The summed E-state index contributed by atoms with van der Waals surface area (Å²) in [5.41, 5.74) is 19.8. The molecule has 0 amide bonds. The highest BCUT2D eigenvalue weighted by atomic mass is 15.1. The topological polar surface area (TPSA) is 17.8 Å². The van der Waals surface area contributed by atoms with E-state index in [9.17, 15) is 0 Å². The molecule has 0 aliphatic heterocycles. The standard InChI is InChI=1S/C40H47BN2/c1-12-27(5)35-14-13-34(23-36(35)40-42-15-16-43(40)39-32(10)21-26(4)22-33(39)11)41(37-28(6)17-24(2)18-29(37)7)38-30(8)19-25(3)20-31(38)9/h13-23,27H,12H2,1-11H3. The Labute approximate surface area is 260 Å². The Morgan fingerprint density at radius 3 is 1.58 bits per heavy atom. The molecule has 0 bridgehead atoms. The van der Waals surface area contributed by atoms with E-state index in [-0.39, 0.29) is 6.71 Å². The van der Waals surface area contributed by atoms with Gasteiger partial charge in [0, 0.05) is 18.0 Å². The molecular weight excluding hydrogens is 519 g/mol. The monoisotopic (exact) mass is 566 g/mol. The van der Waals surface area contributed by atoms with E-state index in [0.717, 1.165) is 12.2 Å². The van der Waals surface area contributed by atoms with Crippen LogP contribution in [0.15, 0.2) is 67.0 Å². The third-order valence-electron chi connectivity index (χ3n) is 9.37. The van der Waals surface area contributed by atoms with Crippen molar-refractivity contribution in [1.82, 2.24) is 9.55 Å². The Hall–Kier alpha value is -3.85. The van der Waals surface area contributed by atoms with Crippen molar-refractivity contribution in [2.45, 2.75) is 88.5 Å². The summed E-state index contributed by atoms with van der Waals surface area (Å²) in [5, 5.41) is 0. The molecule has 3 heteroatoms. The number of hydrogen-bond acceptors (Lipinski definition) is 1. The van der Waals surface area contributed by atoms with Crippen molar-refractivity contribution in [2.24, 2.45) is 0 Å². The molecule has 0 aliphatic carbocycles. The lowest BCUT2D eigenvalue weighted by Crippen LogP contribution is -2.56. The maximum Gasteiger partial charge on any atom is 0.242 e. The van der Waals surface area contributed by atoms with E-state index < -0.39 is 0 Å². The van der Waals surface area contributed by atoms with Gasteiger partial charge in [0.05, 0.1) is 5.69 Å². The van der Waals surface area contributed by atoms with Gasteiger partial charge in [-0.2, -0.15) is 0 Å². The van der Waals surface area contributed by atoms with Crippen molar-refractivity contribution in [3.05, 3.63) is 123 Å². The van der Waals surface area contributed by atoms with Gasteiger partial charge in [-0.15, -0.1) is 0 Å². The van der Waals surface area contributed by atoms with Gasteiger partial charge in [-0.05, 0) is 91.3 Å². The molecule has 43 heavy (non-hydrogen) atoms. The molecule has 220 valence electrons. The Morgan fingerprint density at radius 2 is 1.12 bits per heavy atom. The zero-order valence-electron chi connectivity index (χ0n) is 28.1. The van der Waals surface area contributed by atoms with Crippen LogP contribution in [0.4, 0.5) is 0 Å². The Kier molecular flexibility index (Phi) is 8.57. The average Bonchev–Trinajstić information content (AvgIpc) is 3.39. The van der Waals surface area contributed by atoms with Crippen LogP contribution in [0.1, 0.15) is 81.8 Å². The van der Waals surface area contributed by atoms with E-state index in [1.807, 2.05) is 6.20 Å². The Balaban J connectivity index is 1.83. The van der Waals surface area contributed by atoms with Crippen molar-refractivity contribution >= 4 is 23.1 Å². The lowest BCUT2D eigenvalue weighted by Gasteiger charge is -2.26. The summed E-state index contributed by atoms with van der Waals surface area (Å²) in [6.45, 7) is 24.9. The molecule has 0 fully saturated rings. The minimum Gasteiger partial charge on any atom is -0.299 e. The van der Waals surface area contributed by atoms with E-state index in [0.29, 0.717) is 5.92 Å². The van der Waals surface area contributed by atoms with Crippen LogP contribution in [0.25, 0.3) is 17.1 Å². The zero-order valence-corrected chi connectivity index (χ0v) is 28.1. The molecule has 5 rings (SSSR count). The Bertz CT molecular complexity index is 1700. The molecule has 1 heterocycles. The molecule has 5 aromatic rings. The lowest BCUT2D eigenvalue weighted by atomic mass is 9.34. The highest BCUT2D eigenvalue weighted by Gasteiger charge is 2.30. The van der Waals surface area contributed by atoms with Crippen LogP contribution in [-0.2, 0) is 0 Å². The SMILES string of the molecule is CCC(C)c1ccc(B(c2c(C)cc(C)cc2C)c2c(C)cc(C)cc2C)cc1-c1nccn1-c1c(C)cc(C)cc1C. The fourth-order valence-corrected chi connectivity index (χ4v) is 7.60. The maximum atomic E-state index is 5.05. The summed E-state index contributed by atoms with van der Waals surface area (Å²) in [6.07, 6.45) is 5.17. The van der Waals surface area contributed by atoms with Gasteiger partial charge in [-0.3, -0.25) is 4.57 Å². The number of aromatic nitrogens is 2. The first-order valence-corrected chi connectivity index (χ1v) is 15.8. The van der Waals surface area contributed by atoms with Gasteiger partial charge in [0.25, 0.3) is 0 Å². The minimum atomic E-state index is 0.122. The largest absolute Gasteiger partial charge is 0.299 e. The van der Waals surface area contributed by atoms with E-state index in [2.05, 4.69) is 142 Å². The molecule has 1 atom stereocenters. The number of benzene rings is 4. The van der Waals surface area contributed by atoms with Crippen molar-refractivity contribution in [3.63, 3.8) is 0 Å². The summed E-state index contributed by atoms with van der Waals surface area (Å²) in [4.78, 5) is 5.05. The first-order valence-electron chi connectivity index (χ1n) is 15.8. The first-order chi connectivity index (χ1) is 20.4. The van der Waals surface area contributed by atoms with Crippen LogP contribution in [0.3, 0.4) is 0 Å². The van der Waals surface area contributed by atoms with Gasteiger partial charge in [-0.25, -0.2) is 4.98 Å². The minimum absolute atomic E-state index is 0.122. The number of rotatable bonds is 7. The fraction of sp³-hybridized carbons (Fsp3) is 0.325. The van der Waals surface area contributed by atoms with Crippen LogP contribution in [0.2, 0.25) is 0 Å². The van der Waals surface area contributed by atoms with E-state index >= 15 is 0 Å². The summed E-state index contributed by atoms with van der Waals surface area (Å²) < 4.78 is 2.31. The summed E-state index contributed by atoms with van der Waals surface area (Å²) in [6, 6.07) is 21.2. The van der Waals surface area contributed by atoms with Gasteiger partial charge < -0.3 is 0 Å². The molecule has 4 aromatic carbocycles. The molecule has 1 unspecified atom stereocenters. The van der Waals surface area contributed by atoms with E-state index in [4.69, 9.17) is 4.98 Å². The number of nitrogens with zero attached hydrogens (tertiary/aromatic N) is 2. The van der Waals surface area contributed by atoms with Gasteiger partial charge in [0.1, 0.15) is 5.82 Å². The predicted molar refractivity (Wildman–Crippen MR) is 188 cm³/mol. The normalized spacial score (nSPS) is 12.1. The second-order valence-electron chi connectivity index (χ2n) is 13.1. The predicted octanol–water partition coefficient (Wildman–Crippen LogP) is 8.34. The molecule has 0 spiro atoms. The summed E-state index contributed by atoms with van der Waals surface area (Å²) in [5.74, 6) is 1.43. The number of aryl methyl sites for hydroxylation is 9. The quantitative estimate of drug-likeness (QED) is 0.181. The molecule has 0 N–H and O–H groups in total. The van der Waals surface area contributed by atoms with Gasteiger partial charge in [0.2, 0.25) is 6.71 Å². The molecule has 0 radical (unpaired) electrons. The van der Waals surface area contributed by atoms with Crippen LogP contribution in [0.5, 0.6) is 0 Å². The second-order valence-corrected chi connectivity index (χ2v) is 13.1. The van der Waals surface area contributed by atoms with Gasteiger partial charge in [-0.1, -0.05) is 124 Å². The van der Waals surface area contributed by atoms with Crippen LogP contribution < -0.4 is 16.4 Å². The van der Waals surface area contributed by atoms with Crippen molar-refractivity contribution in [3.8, 4) is 17.1 Å². The van der Waals surface area contributed by atoms with Gasteiger partial charge >= 0.3 is 0 Å². The molecule has 1 aromatic heterocycles. The van der Waals surface area contributed by atoms with Crippen molar-refractivity contribution < 1.29 is 0 Å². The van der Waals surface area contributed by atoms with Crippen molar-refractivity contribution in [2.75, 3.05) is 0 Å². The molecule has 2 nitrogen and oxygen atoms in total. The first kappa shape index (κ1) is 30.6. The van der Waals surface area contributed by atoms with Crippen molar-refractivity contribution in [1.29, 1.82) is 0 Å². The molecule has 0 saturated heterocycles. The molecule has 0 aliphatic rings. The summed E-state index contributed by atoms with van der Waals surface area (Å²) in [7, 11) is 0. The highest BCUT2D eigenvalue weighted by molar-refractivity contribution is 6.96. The Morgan fingerprint density at radius 1 is 0.651 bits per heavy atom. The zero-order chi connectivity index (χ0) is 31.2. The summed E-state index contributed by atoms with van der Waals surface area (Å²) >= 11 is 0. The highest BCUT2D eigenvalue weighted by Crippen LogP contribution is 2.33. The van der Waals surface area contributed by atoms with Crippen LogP contribution in [0, 0.1) is 62.3 Å². The maximum absolute atomic E-state index is 5.05. The van der Waals surface area contributed by atoms with E-state index in [1.54, 1.807) is 0 Å². The smallest absolute Gasteiger partial charge is 0.242 e. The van der Waals surface area contributed by atoms with Gasteiger partial charge in [0.15, 0.2) is 0 Å². The second kappa shape index (κ2) is 12.0. The molecule has 0 saturated carbocycles. The third kappa shape index (κ3) is 5.75. The van der Waals surface area contributed by atoms with E-state index in [1.165, 1.54) is 83.3 Å². The number of imidazole rings is 1. The average molecular weight is 567 g/mol. The lowest BCUT2D eigenvalue weighted by molar-refractivity contribution is 0.734. The fourth-order valence-electron chi connectivity index (χ4n) is 7.60.